The number of halogens is 2. The zero-order chi connectivity index (χ0) is 30.0. The maximum atomic E-state index is 10.1. The van der Waals surface area contributed by atoms with Gasteiger partial charge in [0.15, 0.2) is 0 Å². The Morgan fingerprint density at radius 3 is 2.57 bits per heavy atom. The number of nitrogens with one attached hydrogen (secondary N) is 4. The summed E-state index contributed by atoms with van der Waals surface area (Å²) in [4.78, 5) is 4.50. The molecule has 8 nitrogen and oxygen atoms in total. The molecule has 2 aliphatic rings. The van der Waals surface area contributed by atoms with Gasteiger partial charge in [0.25, 0.3) is 0 Å². The van der Waals surface area contributed by atoms with E-state index in [9.17, 15) is 11.9 Å². The Balaban J connectivity index is 1.45. The number of anilines is 2. The van der Waals surface area contributed by atoms with Crippen LogP contribution in [0.1, 0.15) is 55.8 Å². The standard InChI is InChI=1S/C32H28Cl2N8/c33-26-10-5-4-9-24(26)32(29-19-42(41-40-29)23-12-13-23)38-22-15-25-30(21(17-36)18-37-31(25)27(34)16-22)39-28(11-6-14-35)20-7-2-1-3-8-20/h1-5,7-10,15-16,18-19,23,28,32,38,40-41H,6,11-13H2,(H,37,39)/t28-,32-/m1/s1/i32D. The third-order valence-electron chi connectivity index (χ3n) is 7.32. The first-order valence-electron chi connectivity index (χ1n) is 14.2. The predicted molar refractivity (Wildman–Crippen MR) is 166 cm³/mol. The summed E-state index contributed by atoms with van der Waals surface area (Å²) in [5.74, 6) is 0. The van der Waals surface area contributed by atoms with Crippen LogP contribution in [0.15, 0.2) is 84.8 Å². The number of hydrogen-bond acceptors (Lipinski definition) is 8. The molecule has 6 rings (SSSR count). The molecule has 42 heavy (non-hydrogen) atoms. The second kappa shape index (κ2) is 12.2. The van der Waals surface area contributed by atoms with Gasteiger partial charge in [-0.15, -0.1) is 5.53 Å². The van der Waals surface area contributed by atoms with Crippen LogP contribution in [-0.2, 0) is 0 Å². The molecule has 1 aliphatic carbocycles. The summed E-state index contributed by atoms with van der Waals surface area (Å²) >= 11 is 13.5. The van der Waals surface area contributed by atoms with Crippen molar-refractivity contribution in [3.05, 3.63) is 112 Å². The Morgan fingerprint density at radius 1 is 1.05 bits per heavy atom. The summed E-state index contributed by atoms with van der Waals surface area (Å²) in [5, 5.41) is 29.6. The molecular weight excluding hydrogens is 567 g/mol. The molecule has 1 fully saturated rings. The van der Waals surface area contributed by atoms with E-state index in [1.165, 1.54) is 6.20 Å². The minimum absolute atomic E-state index is 0.236. The van der Waals surface area contributed by atoms with E-state index in [1.807, 2.05) is 65.8 Å². The van der Waals surface area contributed by atoms with E-state index >= 15 is 0 Å². The molecule has 3 aromatic carbocycles. The lowest BCUT2D eigenvalue weighted by Crippen LogP contribution is -2.38. The fourth-order valence-electron chi connectivity index (χ4n) is 5.06. The van der Waals surface area contributed by atoms with Gasteiger partial charge in [-0.05, 0) is 48.6 Å². The van der Waals surface area contributed by atoms with Gasteiger partial charge < -0.3 is 16.1 Å². The van der Waals surface area contributed by atoms with Gasteiger partial charge >= 0.3 is 0 Å². The molecule has 1 aromatic heterocycles. The van der Waals surface area contributed by atoms with E-state index in [4.69, 9.17) is 23.2 Å². The normalized spacial score (nSPS) is 16.8. The molecule has 10 heteroatoms. The van der Waals surface area contributed by atoms with Crippen LogP contribution in [0.2, 0.25) is 10.0 Å². The maximum absolute atomic E-state index is 10.1. The highest BCUT2D eigenvalue weighted by Crippen LogP contribution is 2.39. The van der Waals surface area contributed by atoms with Gasteiger partial charge in [0.2, 0.25) is 0 Å². The summed E-state index contributed by atoms with van der Waals surface area (Å²) in [6.07, 6.45) is 6.41. The van der Waals surface area contributed by atoms with Gasteiger partial charge in [-0.3, -0.25) is 9.99 Å². The Labute approximate surface area is 255 Å². The SMILES string of the molecule is [2H][C@](Nc1cc(Cl)c2ncc(C#N)c(N[C@H](CCC#N)c3ccccc3)c2c1)(C1=CN(C2CC2)NN1)c1ccccc1Cl. The smallest absolute Gasteiger partial charge is 0.103 e. The van der Waals surface area contributed by atoms with Crippen molar-refractivity contribution in [2.45, 2.75) is 43.8 Å². The van der Waals surface area contributed by atoms with Crippen molar-refractivity contribution in [1.82, 2.24) is 21.0 Å². The first kappa shape index (κ1) is 26.4. The quantitative estimate of drug-likeness (QED) is 0.150. The first-order chi connectivity index (χ1) is 20.9. The van der Waals surface area contributed by atoms with Crippen molar-refractivity contribution in [1.29, 1.82) is 10.5 Å². The van der Waals surface area contributed by atoms with Gasteiger partial charge in [-0.2, -0.15) is 10.5 Å². The largest absolute Gasteiger partial charge is 0.377 e. The van der Waals surface area contributed by atoms with Crippen LogP contribution in [0.5, 0.6) is 0 Å². The second-order valence-electron chi connectivity index (χ2n) is 10.2. The molecule has 2 atom stereocenters. The van der Waals surface area contributed by atoms with Crippen LogP contribution in [-0.4, -0.2) is 16.0 Å². The average molecular weight is 597 g/mol. The summed E-state index contributed by atoms with van der Waals surface area (Å²) in [7, 11) is 0. The molecule has 0 saturated heterocycles. The molecule has 210 valence electrons. The van der Waals surface area contributed by atoms with Gasteiger partial charge in [0.05, 0.1) is 47.0 Å². The highest BCUT2D eigenvalue weighted by Gasteiger charge is 2.33. The van der Waals surface area contributed by atoms with Crippen LogP contribution in [0, 0.1) is 22.7 Å². The van der Waals surface area contributed by atoms with E-state index in [0.29, 0.717) is 68.0 Å². The molecule has 0 unspecified atom stereocenters. The summed E-state index contributed by atoms with van der Waals surface area (Å²) in [5.41, 5.74) is 10.3. The number of benzene rings is 3. The predicted octanol–water partition coefficient (Wildman–Crippen LogP) is 7.35. The number of nitrogens with zero attached hydrogens (tertiary/aromatic N) is 4. The van der Waals surface area contributed by atoms with Crippen LogP contribution in [0.4, 0.5) is 11.4 Å². The Hall–Kier alpha value is -4.47. The molecule has 1 saturated carbocycles. The van der Waals surface area contributed by atoms with Crippen LogP contribution in [0.3, 0.4) is 0 Å². The van der Waals surface area contributed by atoms with Crippen molar-refractivity contribution < 1.29 is 1.37 Å². The lowest BCUT2D eigenvalue weighted by atomic mass is 10.00. The Morgan fingerprint density at radius 2 is 1.83 bits per heavy atom. The van der Waals surface area contributed by atoms with Gasteiger partial charge in [-0.1, -0.05) is 71.7 Å². The lowest BCUT2D eigenvalue weighted by molar-refractivity contribution is 0.260. The Kier molecular flexibility index (Phi) is 7.67. The highest BCUT2D eigenvalue weighted by atomic mass is 35.5. The van der Waals surface area contributed by atoms with E-state index in [0.717, 1.165) is 18.4 Å². The van der Waals surface area contributed by atoms with Crippen molar-refractivity contribution in [2.75, 3.05) is 10.6 Å². The average Bonchev–Trinajstić information content (AvgIpc) is 3.75. The number of fused-ring (bicyclic) bond motifs is 1. The third-order valence-corrected chi connectivity index (χ3v) is 7.94. The molecule has 1 aliphatic heterocycles. The monoisotopic (exact) mass is 595 g/mol. The van der Waals surface area contributed by atoms with Crippen molar-refractivity contribution in [3.63, 3.8) is 0 Å². The fraction of sp³-hybridized carbons (Fsp3) is 0.219. The lowest BCUT2D eigenvalue weighted by Gasteiger charge is -2.24. The van der Waals surface area contributed by atoms with Crippen molar-refractivity contribution >= 4 is 45.5 Å². The minimum atomic E-state index is -1.53. The third kappa shape index (κ3) is 5.79. The molecule has 0 spiro atoms. The highest BCUT2D eigenvalue weighted by molar-refractivity contribution is 6.36. The number of nitriles is 2. The zero-order valence-corrected chi connectivity index (χ0v) is 24.0. The van der Waals surface area contributed by atoms with E-state index in [2.05, 4.69) is 38.7 Å². The summed E-state index contributed by atoms with van der Waals surface area (Å²) < 4.78 is 9.75. The van der Waals surface area contributed by atoms with Crippen LogP contribution in [0.25, 0.3) is 10.9 Å². The number of hydrazine groups is 2. The van der Waals surface area contributed by atoms with Gasteiger partial charge in [-0.25, -0.2) is 0 Å². The zero-order valence-electron chi connectivity index (χ0n) is 23.5. The van der Waals surface area contributed by atoms with E-state index in [1.54, 1.807) is 12.1 Å². The number of pyridine rings is 1. The fourth-order valence-corrected chi connectivity index (χ4v) is 5.55. The topological polar surface area (TPSA) is 112 Å². The molecule has 4 N–H and O–H groups in total. The van der Waals surface area contributed by atoms with Crippen LogP contribution >= 0.6 is 23.2 Å². The van der Waals surface area contributed by atoms with Gasteiger partial charge in [0, 0.05) is 41.0 Å². The summed E-state index contributed by atoms with van der Waals surface area (Å²) in [6, 6.07) is 23.7. The number of rotatable bonds is 10. The first-order valence-corrected chi connectivity index (χ1v) is 14.4. The van der Waals surface area contributed by atoms with Gasteiger partial charge in [0.1, 0.15) is 6.07 Å². The van der Waals surface area contributed by atoms with E-state index < -0.39 is 6.02 Å². The molecule has 0 radical (unpaired) electrons. The molecule has 0 amide bonds. The maximum Gasteiger partial charge on any atom is 0.103 e. The molecule has 2 heterocycles. The van der Waals surface area contributed by atoms with Crippen molar-refractivity contribution in [2.24, 2.45) is 0 Å². The molecular formula is C32H28Cl2N8. The van der Waals surface area contributed by atoms with E-state index in [-0.39, 0.29) is 6.04 Å². The molecule has 4 aromatic rings. The second-order valence-corrected chi connectivity index (χ2v) is 11.0. The van der Waals surface area contributed by atoms with Crippen LogP contribution < -0.4 is 21.6 Å². The number of hydrogen-bond donors (Lipinski definition) is 4. The minimum Gasteiger partial charge on any atom is -0.377 e. The molecule has 0 bridgehead atoms. The number of aromatic nitrogens is 1. The Bertz CT molecular complexity index is 1780. The van der Waals surface area contributed by atoms with Crippen molar-refractivity contribution in [3.8, 4) is 12.1 Å². The summed E-state index contributed by atoms with van der Waals surface area (Å²) in [6.45, 7) is 0.